The highest BCUT2D eigenvalue weighted by atomic mass is 19.4. The van der Waals surface area contributed by atoms with Crippen molar-refractivity contribution in [3.05, 3.63) is 60.2 Å². The topological polar surface area (TPSA) is 126 Å². The van der Waals surface area contributed by atoms with E-state index in [2.05, 4.69) is 20.3 Å². The maximum absolute atomic E-state index is 12.8. The molecule has 186 valence electrons. The molecule has 0 spiro atoms. The quantitative estimate of drug-likeness (QED) is 0.362. The summed E-state index contributed by atoms with van der Waals surface area (Å²) in [5, 5.41) is 5.40. The SMILES string of the molecule is C/C=C/C(=O)NCc1cnc2[nH]cc(-c3cncc(C(N)(C(=O)NCC(F)(F)F)C(C)C)c3)c2c1. The third kappa shape index (κ3) is 5.86. The number of alkyl halides is 3. The molecule has 5 N–H and O–H groups in total. The van der Waals surface area contributed by atoms with E-state index in [1.54, 1.807) is 51.5 Å². The lowest BCUT2D eigenvalue weighted by Gasteiger charge is -2.32. The van der Waals surface area contributed by atoms with Crippen LogP contribution < -0.4 is 16.4 Å². The van der Waals surface area contributed by atoms with Crippen molar-refractivity contribution in [2.24, 2.45) is 11.7 Å². The largest absolute Gasteiger partial charge is 0.405 e. The Labute approximate surface area is 200 Å². The van der Waals surface area contributed by atoms with Gasteiger partial charge in [-0.3, -0.25) is 14.6 Å². The first-order chi connectivity index (χ1) is 16.5. The van der Waals surface area contributed by atoms with Gasteiger partial charge in [-0.25, -0.2) is 4.98 Å². The molecule has 0 aliphatic rings. The Kier molecular flexibility index (Phi) is 7.59. The Hall–Kier alpha value is -3.73. The summed E-state index contributed by atoms with van der Waals surface area (Å²) in [6.45, 7) is 3.85. The number of aromatic nitrogens is 3. The Bertz CT molecular complexity index is 1250. The minimum Gasteiger partial charge on any atom is -0.348 e. The highest BCUT2D eigenvalue weighted by molar-refractivity contribution is 5.94. The molecule has 0 bridgehead atoms. The van der Waals surface area contributed by atoms with Gasteiger partial charge >= 0.3 is 6.18 Å². The summed E-state index contributed by atoms with van der Waals surface area (Å²) >= 11 is 0. The molecule has 0 aliphatic heterocycles. The van der Waals surface area contributed by atoms with Gasteiger partial charge in [0.2, 0.25) is 11.8 Å². The summed E-state index contributed by atoms with van der Waals surface area (Å²) in [5.74, 6) is -1.69. The summed E-state index contributed by atoms with van der Waals surface area (Å²) in [6, 6.07) is 3.51. The molecule has 35 heavy (non-hydrogen) atoms. The van der Waals surface area contributed by atoms with Gasteiger partial charge in [0.1, 0.15) is 17.7 Å². The van der Waals surface area contributed by atoms with Crippen molar-refractivity contribution in [2.45, 2.75) is 39.0 Å². The summed E-state index contributed by atoms with van der Waals surface area (Å²) in [5.41, 5.74) is 7.62. The molecule has 8 nitrogen and oxygen atoms in total. The first kappa shape index (κ1) is 25.9. The lowest BCUT2D eigenvalue weighted by Crippen LogP contribution is -2.56. The molecule has 3 aromatic rings. The molecular formula is C24H27F3N6O2. The monoisotopic (exact) mass is 488 g/mol. The Morgan fingerprint density at radius 2 is 1.91 bits per heavy atom. The number of nitrogens with one attached hydrogen (secondary N) is 3. The van der Waals surface area contributed by atoms with Crippen molar-refractivity contribution in [1.29, 1.82) is 0 Å². The second kappa shape index (κ2) is 10.3. The van der Waals surface area contributed by atoms with Crippen molar-refractivity contribution >= 4 is 22.8 Å². The second-order valence-corrected chi connectivity index (χ2v) is 8.44. The lowest BCUT2D eigenvalue weighted by molar-refractivity contribution is -0.143. The zero-order valence-corrected chi connectivity index (χ0v) is 19.5. The maximum atomic E-state index is 12.8. The number of rotatable bonds is 8. The normalized spacial score (nSPS) is 13.8. The molecule has 0 aliphatic carbocycles. The molecule has 2 amide bonds. The number of H-pyrrole nitrogens is 1. The van der Waals surface area contributed by atoms with Crippen LogP contribution in [-0.4, -0.2) is 39.5 Å². The molecule has 3 rings (SSSR count). The Morgan fingerprint density at radius 3 is 2.57 bits per heavy atom. The van der Waals surface area contributed by atoms with E-state index in [1.165, 1.54) is 12.3 Å². The van der Waals surface area contributed by atoms with Gasteiger partial charge in [-0.1, -0.05) is 19.9 Å². The third-order valence-corrected chi connectivity index (χ3v) is 5.64. The maximum Gasteiger partial charge on any atom is 0.405 e. The second-order valence-electron chi connectivity index (χ2n) is 8.44. The Morgan fingerprint density at radius 1 is 1.17 bits per heavy atom. The number of aromatic amines is 1. The zero-order valence-electron chi connectivity index (χ0n) is 19.5. The molecule has 1 unspecified atom stereocenters. The van der Waals surface area contributed by atoms with E-state index < -0.39 is 30.1 Å². The molecule has 0 aromatic carbocycles. The van der Waals surface area contributed by atoms with Crippen LogP contribution in [0.2, 0.25) is 0 Å². The van der Waals surface area contributed by atoms with Gasteiger partial charge in [-0.2, -0.15) is 13.2 Å². The molecule has 0 fully saturated rings. The van der Waals surface area contributed by atoms with Crippen molar-refractivity contribution < 1.29 is 22.8 Å². The fraction of sp³-hybridized carbons (Fsp3) is 0.333. The highest BCUT2D eigenvalue weighted by Crippen LogP contribution is 2.33. The first-order valence-corrected chi connectivity index (χ1v) is 10.9. The summed E-state index contributed by atoms with van der Waals surface area (Å²) < 4.78 is 38.0. The van der Waals surface area contributed by atoms with Crippen molar-refractivity contribution in [2.75, 3.05) is 6.54 Å². The number of fused-ring (bicyclic) bond motifs is 1. The van der Waals surface area contributed by atoms with E-state index in [9.17, 15) is 22.8 Å². The van der Waals surface area contributed by atoms with Gasteiger partial charge in [0, 0.05) is 53.4 Å². The van der Waals surface area contributed by atoms with Crippen LogP contribution in [-0.2, 0) is 21.7 Å². The van der Waals surface area contributed by atoms with Crippen LogP contribution in [0.1, 0.15) is 31.9 Å². The first-order valence-electron chi connectivity index (χ1n) is 10.9. The van der Waals surface area contributed by atoms with Crippen molar-refractivity contribution in [3.8, 4) is 11.1 Å². The van der Waals surface area contributed by atoms with Crippen LogP contribution in [0.15, 0.2) is 49.1 Å². The number of hydrogen-bond acceptors (Lipinski definition) is 5. The highest BCUT2D eigenvalue weighted by Gasteiger charge is 2.41. The van der Waals surface area contributed by atoms with Crippen LogP contribution in [0.5, 0.6) is 0 Å². The van der Waals surface area contributed by atoms with E-state index in [-0.39, 0.29) is 18.0 Å². The van der Waals surface area contributed by atoms with E-state index in [0.717, 1.165) is 10.9 Å². The van der Waals surface area contributed by atoms with Crippen LogP contribution in [0.25, 0.3) is 22.2 Å². The number of hydrogen-bond donors (Lipinski definition) is 4. The number of nitrogens with zero attached hydrogens (tertiary/aromatic N) is 2. The van der Waals surface area contributed by atoms with Crippen LogP contribution >= 0.6 is 0 Å². The van der Waals surface area contributed by atoms with Gasteiger partial charge < -0.3 is 21.4 Å². The molecular weight excluding hydrogens is 461 g/mol. The van der Waals surface area contributed by atoms with E-state index in [4.69, 9.17) is 5.73 Å². The predicted molar refractivity (Wildman–Crippen MR) is 126 cm³/mol. The average Bonchev–Trinajstić information content (AvgIpc) is 3.23. The third-order valence-electron chi connectivity index (χ3n) is 5.64. The number of pyridine rings is 2. The van der Waals surface area contributed by atoms with Gasteiger partial charge in [0.15, 0.2) is 0 Å². The molecule has 0 saturated carbocycles. The lowest BCUT2D eigenvalue weighted by atomic mass is 9.80. The average molecular weight is 489 g/mol. The molecule has 3 heterocycles. The summed E-state index contributed by atoms with van der Waals surface area (Å²) in [7, 11) is 0. The number of nitrogens with two attached hydrogens (primary N) is 1. The fourth-order valence-corrected chi connectivity index (χ4v) is 3.65. The smallest absolute Gasteiger partial charge is 0.348 e. The summed E-state index contributed by atoms with van der Waals surface area (Å²) in [4.78, 5) is 36.1. The van der Waals surface area contributed by atoms with Crippen LogP contribution in [0, 0.1) is 5.92 Å². The zero-order chi connectivity index (χ0) is 25.8. The van der Waals surface area contributed by atoms with Gasteiger partial charge in [-0.15, -0.1) is 0 Å². The summed E-state index contributed by atoms with van der Waals surface area (Å²) in [6.07, 6.45) is 4.81. The van der Waals surface area contributed by atoms with Gasteiger partial charge in [-0.05, 0) is 36.6 Å². The van der Waals surface area contributed by atoms with Crippen LogP contribution in [0.4, 0.5) is 13.2 Å². The number of allylic oxidation sites excluding steroid dienone is 1. The van der Waals surface area contributed by atoms with Crippen molar-refractivity contribution in [3.63, 3.8) is 0 Å². The molecule has 3 aromatic heterocycles. The molecule has 1 atom stereocenters. The standard InChI is InChI=1S/C24H27F3N6O2/c1-4-5-20(34)30-8-15-6-18-19(12-32-21(18)31-9-15)16-7-17(11-29-10-16)24(28,14(2)3)22(35)33-13-23(25,26)27/h4-7,9-12,14H,8,13,28H2,1-3H3,(H,30,34)(H,31,32)(H,33,35)/b5-4+. The fourth-order valence-electron chi connectivity index (χ4n) is 3.65. The van der Waals surface area contributed by atoms with Gasteiger partial charge in [0.05, 0.1) is 0 Å². The van der Waals surface area contributed by atoms with Gasteiger partial charge in [0.25, 0.3) is 0 Å². The van der Waals surface area contributed by atoms with E-state index in [1.807, 2.05) is 11.4 Å². The minimum atomic E-state index is -4.56. The minimum absolute atomic E-state index is 0.226. The van der Waals surface area contributed by atoms with E-state index in [0.29, 0.717) is 16.8 Å². The van der Waals surface area contributed by atoms with Crippen molar-refractivity contribution in [1.82, 2.24) is 25.6 Å². The molecule has 11 heteroatoms. The number of carbonyl (C=O) groups is 2. The Balaban J connectivity index is 1.96. The number of carbonyl (C=O) groups excluding carboxylic acids is 2. The molecule has 0 saturated heterocycles. The van der Waals surface area contributed by atoms with E-state index >= 15 is 0 Å². The number of amides is 2. The number of halogens is 3. The van der Waals surface area contributed by atoms with Crippen LogP contribution in [0.3, 0.4) is 0 Å². The molecule has 0 radical (unpaired) electrons. The predicted octanol–water partition coefficient (Wildman–Crippen LogP) is 3.31.